The summed E-state index contributed by atoms with van der Waals surface area (Å²) in [6.45, 7) is 2.09. The highest BCUT2D eigenvalue weighted by Crippen LogP contribution is 2.24. The van der Waals surface area contributed by atoms with Crippen LogP contribution >= 0.6 is 0 Å². The van der Waals surface area contributed by atoms with Crippen molar-refractivity contribution in [2.75, 3.05) is 6.54 Å². The zero-order valence-corrected chi connectivity index (χ0v) is 14.4. The predicted molar refractivity (Wildman–Crippen MR) is 90.1 cm³/mol. The summed E-state index contributed by atoms with van der Waals surface area (Å²) >= 11 is 0. The Kier molecular flexibility index (Phi) is 7.25. The van der Waals surface area contributed by atoms with E-state index in [2.05, 4.69) is 5.32 Å². The third kappa shape index (κ3) is 6.45. The Balaban J connectivity index is 1.48. The number of hydrogen-bond acceptors (Lipinski definition) is 5. The monoisotopic (exact) mass is 348 g/mol. The molecule has 0 spiro atoms. The van der Waals surface area contributed by atoms with Gasteiger partial charge in [0, 0.05) is 13.5 Å². The van der Waals surface area contributed by atoms with E-state index < -0.39 is 12.1 Å². The van der Waals surface area contributed by atoms with Crippen LogP contribution in [0.4, 0.5) is 4.79 Å². The Bertz CT molecular complexity index is 590. The summed E-state index contributed by atoms with van der Waals surface area (Å²) in [5.41, 5.74) is 0.949. The number of benzene rings is 1. The van der Waals surface area contributed by atoms with Crippen molar-refractivity contribution in [1.29, 1.82) is 0 Å². The third-order valence-electron chi connectivity index (χ3n) is 3.91. The second-order valence-electron chi connectivity index (χ2n) is 6.00. The number of β-lactam (4-membered cyclic amide) rings is 1. The van der Waals surface area contributed by atoms with Crippen LogP contribution in [0, 0.1) is 0 Å². The van der Waals surface area contributed by atoms with Crippen LogP contribution in [0.1, 0.15) is 44.6 Å². The van der Waals surface area contributed by atoms with Crippen molar-refractivity contribution in [3.63, 3.8) is 0 Å². The van der Waals surface area contributed by atoms with Crippen LogP contribution in [-0.4, -0.2) is 35.6 Å². The number of carbonyl (C=O) groups is 3. The summed E-state index contributed by atoms with van der Waals surface area (Å²) < 4.78 is 5.12. The topological polar surface area (TPSA) is 84.9 Å². The molecule has 1 N–H and O–H groups in total. The Morgan fingerprint density at radius 2 is 1.96 bits per heavy atom. The van der Waals surface area contributed by atoms with Crippen LogP contribution in [0.5, 0.6) is 0 Å². The first kappa shape index (κ1) is 18.8. The van der Waals surface area contributed by atoms with Gasteiger partial charge in [-0.25, -0.2) is 4.79 Å². The van der Waals surface area contributed by atoms with E-state index in [1.807, 2.05) is 30.3 Å². The largest absolute Gasteiger partial charge is 0.445 e. The highest BCUT2D eigenvalue weighted by atomic mass is 16.7. The number of hydroxylamine groups is 2. The van der Waals surface area contributed by atoms with Crippen LogP contribution in [0.15, 0.2) is 30.3 Å². The maximum Gasteiger partial charge on any atom is 0.407 e. The van der Waals surface area contributed by atoms with E-state index in [0.29, 0.717) is 13.0 Å². The minimum atomic E-state index is -0.476. The molecule has 7 heteroatoms. The number of carbonyl (C=O) groups excluding carboxylic acids is 3. The standard InChI is InChI=1S/C18H24N2O5/c1-14(21)25-20-16(12-17(20)22)10-6-3-7-11-19-18(23)24-13-15-8-4-2-5-9-15/h2,4-5,8-9,16H,3,6-7,10-13H2,1H3,(H,19,23). The molecule has 1 aliphatic heterocycles. The lowest BCUT2D eigenvalue weighted by Crippen LogP contribution is -2.52. The van der Waals surface area contributed by atoms with Crippen molar-refractivity contribution in [2.24, 2.45) is 0 Å². The number of alkyl carbamates (subject to hydrolysis) is 1. The molecular formula is C18H24N2O5. The van der Waals surface area contributed by atoms with E-state index in [4.69, 9.17) is 9.57 Å². The molecule has 1 atom stereocenters. The zero-order chi connectivity index (χ0) is 18.1. The fourth-order valence-electron chi connectivity index (χ4n) is 2.60. The molecule has 2 rings (SSSR count). The first-order valence-electron chi connectivity index (χ1n) is 8.51. The van der Waals surface area contributed by atoms with Gasteiger partial charge in [0.2, 0.25) is 0 Å². The van der Waals surface area contributed by atoms with Gasteiger partial charge in [0.1, 0.15) is 6.61 Å². The van der Waals surface area contributed by atoms with Gasteiger partial charge in [-0.2, -0.15) is 5.06 Å². The number of nitrogens with zero attached hydrogens (tertiary/aromatic N) is 1. The van der Waals surface area contributed by atoms with Gasteiger partial charge in [-0.1, -0.05) is 43.2 Å². The molecule has 1 unspecified atom stereocenters. The Labute approximate surface area is 147 Å². The number of hydrogen-bond donors (Lipinski definition) is 1. The third-order valence-corrected chi connectivity index (χ3v) is 3.91. The van der Waals surface area contributed by atoms with Crippen LogP contribution < -0.4 is 5.32 Å². The summed E-state index contributed by atoms with van der Waals surface area (Å²) in [6, 6.07) is 9.49. The fourth-order valence-corrected chi connectivity index (χ4v) is 2.60. The van der Waals surface area contributed by atoms with Gasteiger partial charge in [0.25, 0.3) is 5.91 Å². The van der Waals surface area contributed by atoms with Crippen LogP contribution in [-0.2, 0) is 25.8 Å². The molecule has 0 aromatic heterocycles. The molecule has 0 bridgehead atoms. The molecular weight excluding hydrogens is 324 g/mol. The molecule has 0 saturated carbocycles. The second-order valence-corrected chi connectivity index (χ2v) is 6.00. The SMILES string of the molecule is CC(=O)ON1C(=O)CC1CCCCCNC(=O)OCc1ccccc1. The first-order valence-corrected chi connectivity index (χ1v) is 8.51. The van der Waals surface area contributed by atoms with Gasteiger partial charge in [-0.05, 0) is 18.4 Å². The quantitative estimate of drug-likeness (QED) is 0.547. The lowest BCUT2D eigenvalue weighted by atomic mass is 9.98. The number of ether oxygens (including phenoxy) is 1. The summed E-state index contributed by atoms with van der Waals surface area (Å²) in [5, 5.41) is 3.88. The van der Waals surface area contributed by atoms with Crippen LogP contribution in [0.3, 0.4) is 0 Å². The molecule has 0 radical (unpaired) electrons. The van der Waals surface area contributed by atoms with Gasteiger partial charge in [0.05, 0.1) is 12.5 Å². The normalized spacial score (nSPS) is 16.1. The number of nitrogens with one attached hydrogen (secondary N) is 1. The number of amides is 2. The molecule has 0 aliphatic carbocycles. The maximum atomic E-state index is 11.6. The van der Waals surface area contributed by atoms with Gasteiger partial charge in [-0.15, -0.1) is 0 Å². The molecule has 25 heavy (non-hydrogen) atoms. The average molecular weight is 348 g/mol. The first-order chi connectivity index (χ1) is 12.1. The Morgan fingerprint density at radius 1 is 1.20 bits per heavy atom. The van der Waals surface area contributed by atoms with Crippen molar-refractivity contribution >= 4 is 18.0 Å². The lowest BCUT2D eigenvalue weighted by Gasteiger charge is -2.37. The van der Waals surface area contributed by atoms with E-state index >= 15 is 0 Å². The highest BCUT2D eigenvalue weighted by molar-refractivity contribution is 5.83. The van der Waals surface area contributed by atoms with Gasteiger partial charge in [-0.3, -0.25) is 9.59 Å². The average Bonchev–Trinajstić information content (AvgIpc) is 2.60. The molecule has 1 aromatic rings. The van der Waals surface area contributed by atoms with Gasteiger partial charge >= 0.3 is 12.1 Å². The maximum absolute atomic E-state index is 11.6. The number of rotatable bonds is 9. The van der Waals surface area contributed by atoms with E-state index in [9.17, 15) is 14.4 Å². The van der Waals surface area contributed by atoms with Crippen molar-refractivity contribution in [3.05, 3.63) is 35.9 Å². The van der Waals surface area contributed by atoms with E-state index in [1.165, 1.54) is 12.0 Å². The molecule has 1 heterocycles. The number of unbranched alkanes of at least 4 members (excludes halogenated alkanes) is 2. The van der Waals surface area contributed by atoms with Crippen molar-refractivity contribution < 1.29 is 24.0 Å². The molecule has 1 saturated heterocycles. The van der Waals surface area contributed by atoms with Crippen molar-refractivity contribution in [1.82, 2.24) is 10.4 Å². The summed E-state index contributed by atoms with van der Waals surface area (Å²) in [4.78, 5) is 38.7. The predicted octanol–water partition coefficient (Wildman–Crippen LogP) is 2.55. The van der Waals surface area contributed by atoms with E-state index in [1.54, 1.807) is 0 Å². The molecule has 136 valence electrons. The second kappa shape index (κ2) is 9.66. The van der Waals surface area contributed by atoms with Crippen LogP contribution in [0.2, 0.25) is 0 Å². The Hall–Kier alpha value is -2.57. The molecule has 2 amide bonds. The van der Waals surface area contributed by atoms with Crippen molar-refractivity contribution in [3.8, 4) is 0 Å². The minimum absolute atomic E-state index is 0.0137. The minimum Gasteiger partial charge on any atom is -0.445 e. The zero-order valence-electron chi connectivity index (χ0n) is 14.4. The van der Waals surface area contributed by atoms with Gasteiger partial charge < -0.3 is 14.9 Å². The highest BCUT2D eigenvalue weighted by Gasteiger charge is 2.38. The summed E-state index contributed by atoms with van der Waals surface area (Å²) in [7, 11) is 0. The lowest BCUT2D eigenvalue weighted by molar-refractivity contribution is -0.225. The van der Waals surface area contributed by atoms with Crippen molar-refractivity contribution in [2.45, 2.75) is 51.7 Å². The fraction of sp³-hybridized carbons (Fsp3) is 0.500. The van der Waals surface area contributed by atoms with E-state index in [-0.39, 0.29) is 18.6 Å². The smallest absolute Gasteiger partial charge is 0.407 e. The molecule has 1 aromatic carbocycles. The summed E-state index contributed by atoms with van der Waals surface area (Å²) in [6.07, 6.45) is 3.44. The van der Waals surface area contributed by atoms with Gasteiger partial charge in [0.15, 0.2) is 0 Å². The molecule has 1 fully saturated rings. The van der Waals surface area contributed by atoms with Crippen LogP contribution in [0.25, 0.3) is 0 Å². The van der Waals surface area contributed by atoms with E-state index in [0.717, 1.165) is 31.2 Å². The Morgan fingerprint density at radius 3 is 2.64 bits per heavy atom. The molecule has 1 aliphatic rings. The molecule has 7 nitrogen and oxygen atoms in total. The summed E-state index contributed by atoms with van der Waals surface area (Å²) in [5.74, 6) is -0.626.